The lowest BCUT2D eigenvalue weighted by molar-refractivity contribution is -0.136. The van der Waals surface area contributed by atoms with Crippen LogP contribution in [0.1, 0.15) is 11.7 Å². The molecule has 1 rings (SSSR count). The monoisotopic (exact) mass is 213 g/mol. The fourth-order valence-corrected chi connectivity index (χ4v) is 1.15. The third kappa shape index (κ3) is 4.05. The molecule has 0 heterocycles. The van der Waals surface area contributed by atoms with E-state index in [4.69, 9.17) is 5.11 Å². The average molecular weight is 213 g/mol. The molecule has 15 heavy (non-hydrogen) atoms. The van der Waals surface area contributed by atoms with Crippen LogP contribution in [0.2, 0.25) is 0 Å². The van der Waals surface area contributed by atoms with E-state index in [1.165, 1.54) is 18.2 Å². The number of carboxylic acids is 1. The predicted molar refractivity (Wildman–Crippen MR) is 51.9 cm³/mol. The van der Waals surface area contributed by atoms with Crippen LogP contribution in [0.4, 0.5) is 4.39 Å². The molecule has 1 aromatic rings. The molecule has 1 atom stereocenters. The first kappa shape index (κ1) is 11.6. The fraction of sp³-hybridized carbons (Fsp3) is 0.300. The number of carboxylic acid groups (broad SMARTS) is 1. The summed E-state index contributed by atoms with van der Waals surface area (Å²) < 4.78 is 12.8. The normalized spacial score (nSPS) is 12.4. The Balaban J connectivity index is 2.46. The van der Waals surface area contributed by atoms with E-state index >= 15 is 0 Å². The van der Waals surface area contributed by atoms with Crippen LogP contribution in [0.5, 0.6) is 0 Å². The van der Waals surface area contributed by atoms with Crippen molar-refractivity contribution < 1.29 is 19.4 Å². The lowest BCUT2D eigenvalue weighted by atomic mass is 10.1. The van der Waals surface area contributed by atoms with Crippen LogP contribution in [0.3, 0.4) is 0 Å². The lowest BCUT2D eigenvalue weighted by Crippen LogP contribution is -2.27. The number of carbonyl (C=O) groups is 1. The Morgan fingerprint density at radius 1 is 1.53 bits per heavy atom. The maximum Gasteiger partial charge on any atom is 0.317 e. The van der Waals surface area contributed by atoms with Gasteiger partial charge in [-0.05, 0) is 17.7 Å². The molecule has 0 aromatic heterocycles. The molecule has 0 bridgehead atoms. The number of hydrogen-bond donors (Lipinski definition) is 3. The Kier molecular flexibility index (Phi) is 4.20. The number of aliphatic hydroxyl groups is 1. The number of hydrogen-bond acceptors (Lipinski definition) is 3. The van der Waals surface area contributed by atoms with Gasteiger partial charge < -0.3 is 15.5 Å². The number of aliphatic hydroxyl groups excluding tert-OH is 1. The molecule has 1 aromatic carbocycles. The number of halogens is 1. The molecule has 0 saturated heterocycles. The minimum atomic E-state index is -0.999. The van der Waals surface area contributed by atoms with Crippen molar-refractivity contribution in [2.75, 3.05) is 13.1 Å². The van der Waals surface area contributed by atoms with Gasteiger partial charge in [0, 0.05) is 6.54 Å². The number of aliphatic carboxylic acids is 1. The van der Waals surface area contributed by atoms with Gasteiger partial charge in [0.15, 0.2) is 0 Å². The van der Waals surface area contributed by atoms with Crippen molar-refractivity contribution in [2.45, 2.75) is 6.10 Å². The summed E-state index contributed by atoms with van der Waals surface area (Å²) in [5.74, 6) is -1.42. The minimum absolute atomic E-state index is 0.0791. The average Bonchev–Trinajstić information content (AvgIpc) is 2.17. The summed E-state index contributed by atoms with van der Waals surface area (Å²) in [5.41, 5.74) is 0.424. The van der Waals surface area contributed by atoms with E-state index in [2.05, 4.69) is 5.32 Å². The number of rotatable bonds is 5. The molecule has 0 radical (unpaired) electrons. The first-order valence-electron chi connectivity index (χ1n) is 4.45. The van der Waals surface area contributed by atoms with Crippen LogP contribution in [0, 0.1) is 5.82 Å². The van der Waals surface area contributed by atoms with Gasteiger partial charge >= 0.3 is 5.97 Å². The van der Waals surface area contributed by atoms with Gasteiger partial charge in [-0.1, -0.05) is 12.1 Å². The minimum Gasteiger partial charge on any atom is -0.480 e. The second-order valence-corrected chi connectivity index (χ2v) is 3.10. The van der Waals surface area contributed by atoms with Crippen LogP contribution in [-0.4, -0.2) is 29.3 Å². The van der Waals surface area contributed by atoms with Crippen molar-refractivity contribution >= 4 is 5.97 Å². The van der Waals surface area contributed by atoms with Gasteiger partial charge in [-0.2, -0.15) is 0 Å². The summed E-state index contributed by atoms with van der Waals surface area (Å²) >= 11 is 0. The zero-order chi connectivity index (χ0) is 11.3. The summed E-state index contributed by atoms with van der Waals surface area (Å²) in [4.78, 5) is 10.2. The first-order chi connectivity index (χ1) is 7.09. The van der Waals surface area contributed by atoms with E-state index in [9.17, 15) is 14.3 Å². The van der Waals surface area contributed by atoms with Gasteiger partial charge in [0.25, 0.3) is 0 Å². The van der Waals surface area contributed by atoms with Crippen LogP contribution >= 0.6 is 0 Å². The lowest BCUT2D eigenvalue weighted by Gasteiger charge is -2.10. The SMILES string of the molecule is O=C(O)CNCC(O)c1cccc(F)c1. The first-order valence-corrected chi connectivity index (χ1v) is 4.45. The van der Waals surface area contributed by atoms with Gasteiger partial charge in [-0.25, -0.2) is 4.39 Å². The zero-order valence-electron chi connectivity index (χ0n) is 7.98. The Hall–Kier alpha value is -1.46. The van der Waals surface area contributed by atoms with E-state index in [1.807, 2.05) is 0 Å². The molecule has 3 N–H and O–H groups in total. The maximum atomic E-state index is 12.8. The van der Waals surface area contributed by atoms with Crippen molar-refractivity contribution in [3.63, 3.8) is 0 Å². The Morgan fingerprint density at radius 2 is 2.27 bits per heavy atom. The van der Waals surface area contributed by atoms with Gasteiger partial charge in [0.2, 0.25) is 0 Å². The maximum absolute atomic E-state index is 12.8. The molecule has 0 amide bonds. The molecule has 0 aliphatic rings. The Labute approximate surface area is 86.4 Å². The second kappa shape index (κ2) is 5.43. The summed E-state index contributed by atoms with van der Waals surface area (Å²) in [6.07, 6.45) is -0.903. The second-order valence-electron chi connectivity index (χ2n) is 3.10. The molecule has 0 saturated carbocycles. The molecule has 0 aliphatic carbocycles. The highest BCUT2D eigenvalue weighted by atomic mass is 19.1. The van der Waals surface area contributed by atoms with E-state index in [1.54, 1.807) is 6.07 Å². The fourth-order valence-electron chi connectivity index (χ4n) is 1.15. The number of nitrogens with one attached hydrogen (secondary N) is 1. The molecule has 0 aliphatic heterocycles. The molecule has 0 spiro atoms. The van der Waals surface area contributed by atoms with Crippen LogP contribution in [0.15, 0.2) is 24.3 Å². The van der Waals surface area contributed by atoms with Crippen LogP contribution in [0.25, 0.3) is 0 Å². The molecular weight excluding hydrogens is 201 g/mol. The quantitative estimate of drug-likeness (QED) is 0.667. The zero-order valence-corrected chi connectivity index (χ0v) is 7.98. The van der Waals surface area contributed by atoms with Crippen molar-refractivity contribution in [2.24, 2.45) is 0 Å². The molecule has 1 unspecified atom stereocenters. The van der Waals surface area contributed by atoms with Gasteiger partial charge in [-0.15, -0.1) is 0 Å². The van der Waals surface area contributed by atoms with E-state index in [0.717, 1.165) is 0 Å². The largest absolute Gasteiger partial charge is 0.480 e. The third-order valence-electron chi connectivity index (χ3n) is 1.85. The van der Waals surface area contributed by atoms with Crippen molar-refractivity contribution in [1.29, 1.82) is 0 Å². The van der Waals surface area contributed by atoms with Crippen LogP contribution in [-0.2, 0) is 4.79 Å². The smallest absolute Gasteiger partial charge is 0.317 e. The Bertz CT molecular complexity index is 343. The topological polar surface area (TPSA) is 69.6 Å². The van der Waals surface area contributed by atoms with Gasteiger partial charge in [0.1, 0.15) is 5.82 Å². The van der Waals surface area contributed by atoms with Gasteiger partial charge in [-0.3, -0.25) is 4.79 Å². The molecule has 0 fully saturated rings. The molecule has 4 nitrogen and oxygen atoms in total. The summed E-state index contributed by atoms with van der Waals surface area (Å²) in [6, 6.07) is 5.56. The summed E-state index contributed by atoms with van der Waals surface area (Å²) in [6.45, 7) is -0.151. The molecule has 5 heteroatoms. The predicted octanol–water partition coefficient (Wildman–Crippen LogP) is 0.533. The highest BCUT2D eigenvalue weighted by Crippen LogP contribution is 2.12. The van der Waals surface area contributed by atoms with Crippen molar-refractivity contribution in [1.82, 2.24) is 5.32 Å². The number of benzene rings is 1. The van der Waals surface area contributed by atoms with Crippen molar-refractivity contribution in [3.05, 3.63) is 35.6 Å². The van der Waals surface area contributed by atoms with Crippen molar-refractivity contribution in [3.8, 4) is 0 Å². The van der Waals surface area contributed by atoms with Crippen LogP contribution < -0.4 is 5.32 Å². The standard InChI is InChI=1S/C10H12FNO3/c11-8-3-1-2-7(4-8)9(13)5-12-6-10(14)15/h1-4,9,12-13H,5-6H2,(H,14,15). The molecule has 82 valence electrons. The Morgan fingerprint density at radius 3 is 2.87 bits per heavy atom. The highest BCUT2D eigenvalue weighted by molar-refractivity contribution is 5.68. The van der Waals surface area contributed by atoms with E-state index in [0.29, 0.717) is 5.56 Å². The summed E-state index contributed by atoms with van der Waals surface area (Å²) in [5, 5.41) is 20.4. The summed E-state index contributed by atoms with van der Waals surface area (Å²) in [7, 11) is 0. The van der Waals surface area contributed by atoms with Gasteiger partial charge in [0.05, 0.1) is 12.6 Å². The third-order valence-corrected chi connectivity index (χ3v) is 1.85. The van der Waals surface area contributed by atoms with E-state index in [-0.39, 0.29) is 13.1 Å². The molecular formula is C10H12FNO3. The van der Waals surface area contributed by atoms with E-state index < -0.39 is 17.9 Å². The highest BCUT2D eigenvalue weighted by Gasteiger charge is 2.08.